The molecule has 0 aliphatic heterocycles. The Labute approximate surface area is 101 Å². The van der Waals surface area contributed by atoms with Crippen LogP contribution in [0.2, 0.25) is 0 Å². The van der Waals surface area contributed by atoms with Crippen molar-refractivity contribution in [2.24, 2.45) is 0 Å². The average molecular weight is 323 g/mol. The Bertz CT molecular complexity index is 357. The van der Waals surface area contributed by atoms with Crippen molar-refractivity contribution in [3.63, 3.8) is 0 Å². The Morgan fingerprint density at radius 1 is 1.60 bits per heavy atom. The average Bonchev–Trinajstić information content (AvgIpc) is 2.22. The molecule has 0 fully saturated rings. The summed E-state index contributed by atoms with van der Waals surface area (Å²) in [6.45, 7) is 2.27. The van der Waals surface area contributed by atoms with Crippen LogP contribution in [0.4, 0.5) is 10.1 Å². The van der Waals surface area contributed by atoms with Crippen LogP contribution in [0.5, 0.6) is 0 Å². The maximum atomic E-state index is 13.1. The zero-order chi connectivity index (χ0) is 11.3. The minimum Gasteiger partial charge on any atom is -0.372 e. The second kappa shape index (κ2) is 6.02. The summed E-state index contributed by atoms with van der Waals surface area (Å²) in [5.74, 6) is -0.620. The number of hydrogen-bond acceptors (Lipinski definition) is 2. The van der Waals surface area contributed by atoms with E-state index in [1.807, 2.05) is 22.6 Å². The van der Waals surface area contributed by atoms with Crippen LogP contribution in [0.25, 0.3) is 0 Å². The molecule has 1 rings (SSSR count). The molecule has 0 aliphatic carbocycles. The Morgan fingerprint density at radius 3 is 3.00 bits per heavy atom. The maximum Gasteiger partial charge on any atom is 0.250 e. The Balaban J connectivity index is 2.64. The topological polar surface area (TPSA) is 38.3 Å². The molecule has 1 aromatic carbocycles. The van der Waals surface area contributed by atoms with E-state index < -0.39 is 0 Å². The molecule has 15 heavy (non-hydrogen) atoms. The van der Waals surface area contributed by atoms with E-state index >= 15 is 0 Å². The molecule has 1 aromatic rings. The normalized spacial score (nSPS) is 10.1. The lowest BCUT2D eigenvalue weighted by Crippen LogP contribution is -2.19. The number of carbonyl (C=O) groups is 1. The van der Waals surface area contributed by atoms with Gasteiger partial charge in [-0.1, -0.05) is 6.07 Å². The quantitative estimate of drug-likeness (QED) is 0.864. The Hall–Kier alpha value is -0.690. The van der Waals surface area contributed by atoms with Crippen molar-refractivity contribution >= 4 is 34.2 Å². The number of nitrogens with one attached hydrogen (secondary N) is 1. The molecule has 0 radical (unpaired) electrons. The summed E-state index contributed by atoms with van der Waals surface area (Å²) in [5, 5.41) is 2.57. The molecule has 1 N–H and O–H groups in total. The first kappa shape index (κ1) is 12.4. The highest BCUT2D eigenvalue weighted by molar-refractivity contribution is 14.1. The zero-order valence-electron chi connectivity index (χ0n) is 8.22. The number of carbonyl (C=O) groups excluding carboxylic acids is 1. The van der Waals surface area contributed by atoms with E-state index in [9.17, 15) is 9.18 Å². The Kier molecular flexibility index (Phi) is 4.97. The number of ether oxygens (including phenoxy) is 1. The zero-order valence-corrected chi connectivity index (χ0v) is 10.4. The molecule has 0 bridgehead atoms. The van der Waals surface area contributed by atoms with Crippen molar-refractivity contribution in [3.05, 3.63) is 27.6 Å². The molecule has 0 unspecified atom stereocenters. The fourth-order valence-corrected chi connectivity index (χ4v) is 1.48. The first-order chi connectivity index (χ1) is 7.15. The highest BCUT2D eigenvalue weighted by atomic mass is 127. The monoisotopic (exact) mass is 323 g/mol. The van der Waals surface area contributed by atoms with Gasteiger partial charge in [-0.3, -0.25) is 4.79 Å². The second-order valence-electron chi connectivity index (χ2n) is 2.79. The van der Waals surface area contributed by atoms with Crippen LogP contribution < -0.4 is 5.32 Å². The van der Waals surface area contributed by atoms with Crippen molar-refractivity contribution in [1.29, 1.82) is 0 Å². The smallest absolute Gasteiger partial charge is 0.250 e. The first-order valence-electron chi connectivity index (χ1n) is 4.46. The van der Waals surface area contributed by atoms with Gasteiger partial charge >= 0.3 is 0 Å². The van der Waals surface area contributed by atoms with Crippen molar-refractivity contribution in [2.45, 2.75) is 6.92 Å². The molecule has 5 heteroatoms. The molecule has 3 nitrogen and oxygen atoms in total. The first-order valence-corrected chi connectivity index (χ1v) is 5.54. The third kappa shape index (κ3) is 3.75. The fourth-order valence-electron chi connectivity index (χ4n) is 0.981. The lowest BCUT2D eigenvalue weighted by molar-refractivity contribution is -0.120. The van der Waals surface area contributed by atoms with Gasteiger partial charge in [-0.15, -0.1) is 0 Å². The predicted molar refractivity (Wildman–Crippen MR) is 64.2 cm³/mol. The van der Waals surface area contributed by atoms with Crippen LogP contribution in [-0.4, -0.2) is 19.1 Å². The minimum absolute atomic E-state index is 0.0108. The van der Waals surface area contributed by atoms with Crippen LogP contribution in [0.1, 0.15) is 6.92 Å². The van der Waals surface area contributed by atoms with Crippen molar-refractivity contribution in [3.8, 4) is 0 Å². The summed E-state index contributed by atoms with van der Waals surface area (Å²) >= 11 is 1.85. The number of anilines is 1. The van der Waals surface area contributed by atoms with Gasteiger partial charge in [0.25, 0.3) is 0 Å². The van der Waals surface area contributed by atoms with Gasteiger partial charge in [0, 0.05) is 6.61 Å². The molecule has 0 atom stereocenters. The van der Waals surface area contributed by atoms with E-state index in [-0.39, 0.29) is 18.3 Å². The minimum atomic E-state index is -0.343. The molecule has 1 amide bonds. The maximum absolute atomic E-state index is 13.1. The standard InChI is InChI=1S/C10H11FINO2/c1-2-15-6-9(14)13-8-5-3-4-7(11)10(8)12/h3-5H,2,6H2,1H3,(H,13,14). The highest BCUT2D eigenvalue weighted by Crippen LogP contribution is 2.20. The molecular weight excluding hydrogens is 312 g/mol. The van der Waals surface area contributed by atoms with Crippen LogP contribution >= 0.6 is 22.6 Å². The molecule has 0 aromatic heterocycles. The SMILES string of the molecule is CCOCC(=O)Nc1cccc(F)c1I. The summed E-state index contributed by atoms with van der Waals surface area (Å²) in [6.07, 6.45) is 0. The number of halogens is 2. The van der Waals surface area contributed by atoms with E-state index in [0.29, 0.717) is 15.9 Å². The highest BCUT2D eigenvalue weighted by Gasteiger charge is 2.08. The van der Waals surface area contributed by atoms with Gasteiger partial charge in [-0.2, -0.15) is 0 Å². The molecule has 82 valence electrons. The largest absolute Gasteiger partial charge is 0.372 e. The molecule has 0 heterocycles. The van der Waals surface area contributed by atoms with Crippen LogP contribution in [0.15, 0.2) is 18.2 Å². The summed E-state index contributed by atoms with van der Waals surface area (Å²) in [4.78, 5) is 11.3. The van der Waals surface area contributed by atoms with Gasteiger partial charge in [-0.25, -0.2) is 4.39 Å². The van der Waals surface area contributed by atoms with Crippen molar-refractivity contribution in [1.82, 2.24) is 0 Å². The van der Waals surface area contributed by atoms with Gasteiger partial charge < -0.3 is 10.1 Å². The fraction of sp³-hybridized carbons (Fsp3) is 0.300. The Morgan fingerprint density at radius 2 is 2.33 bits per heavy atom. The molecule has 0 spiro atoms. The van der Waals surface area contributed by atoms with Gasteiger partial charge in [0.1, 0.15) is 12.4 Å². The van der Waals surface area contributed by atoms with Crippen molar-refractivity contribution in [2.75, 3.05) is 18.5 Å². The molecule has 0 saturated carbocycles. The molecular formula is C10H11FINO2. The second-order valence-corrected chi connectivity index (χ2v) is 3.87. The summed E-state index contributed by atoms with van der Waals surface area (Å²) < 4.78 is 18.4. The lowest BCUT2D eigenvalue weighted by atomic mass is 10.3. The van der Waals surface area contributed by atoms with Crippen LogP contribution in [-0.2, 0) is 9.53 Å². The van der Waals surface area contributed by atoms with Gasteiger partial charge in [-0.05, 0) is 41.6 Å². The molecule has 0 aliphatic rings. The lowest BCUT2D eigenvalue weighted by Gasteiger charge is -2.07. The summed E-state index contributed by atoms with van der Waals surface area (Å²) in [7, 11) is 0. The predicted octanol–water partition coefficient (Wildman–Crippen LogP) is 2.41. The van der Waals surface area contributed by atoms with E-state index in [0.717, 1.165) is 0 Å². The summed E-state index contributed by atoms with van der Waals surface area (Å²) in [5.41, 5.74) is 0.473. The van der Waals surface area contributed by atoms with E-state index in [1.54, 1.807) is 19.1 Å². The summed E-state index contributed by atoms with van der Waals surface area (Å²) in [6, 6.07) is 4.54. The van der Waals surface area contributed by atoms with Crippen molar-refractivity contribution < 1.29 is 13.9 Å². The third-order valence-electron chi connectivity index (χ3n) is 1.66. The number of amides is 1. The van der Waals surface area contributed by atoms with E-state index in [2.05, 4.69) is 5.32 Å². The number of hydrogen-bond donors (Lipinski definition) is 1. The van der Waals surface area contributed by atoms with Gasteiger partial charge in [0.05, 0.1) is 9.26 Å². The van der Waals surface area contributed by atoms with E-state index in [1.165, 1.54) is 6.07 Å². The number of benzene rings is 1. The van der Waals surface area contributed by atoms with Crippen LogP contribution in [0, 0.1) is 9.39 Å². The number of rotatable bonds is 4. The third-order valence-corrected chi connectivity index (χ3v) is 2.76. The van der Waals surface area contributed by atoms with Crippen LogP contribution in [0.3, 0.4) is 0 Å². The van der Waals surface area contributed by atoms with Gasteiger partial charge in [0.15, 0.2) is 0 Å². The van der Waals surface area contributed by atoms with Gasteiger partial charge in [0.2, 0.25) is 5.91 Å². The molecule has 0 saturated heterocycles. The van der Waals surface area contributed by atoms with E-state index in [4.69, 9.17) is 4.74 Å².